The first-order valence-electron chi connectivity index (χ1n) is 5.19. The van der Waals surface area contributed by atoms with E-state index in [0.29, 0.717) is 16.5 Å². The van der Waals surface area contributed by atoms with Gasteiger partial charge in [0.1, 0.15) is 5.38 Å². The van der Waals surface area contributed by atoms with Crippen LogP contribution in [-0.4, -0.2) is 15.7 Å². The number of thioether (sulfide) groups is 1. The molecule has 1 nitrogen and oxygen atoms in total. The van der Waals surface area contributed by atoms with Crippen molar-refractivity contribution in [2.75, 3.05) is 0 Å². The summed E-state index contributed by atoms with van der Waals surface area (Å²) in [6.45, 7) is 3.91. The molecule has 0 saturated heterocycles. The molecule has 0 aliphatic rings. The molecule has 0 amide bonds. The van der Waals surface area contributed by atoms with Crippen molar-refractivity contribution >= 4 is 51.7 Å². The van der Waals surface area contributed by atoms with Gasteiger partial charge < -0.3 is 0 Å². The summed E-state index contributed by atoms with van der Waals surface area (Å²) >= 11 is 19.3. The maximum absolute atomic E-state index is 11.7. The van der Waals surface area contributed by atoms with E-state index in [1.165, 1.54) is 11.8 Å². The van der Waals surface area contributed by atoms with Crippen molar-refractivity contribution in [3.63, 3.8) is 0 Å². The molecular weight excluding hydrogens is 299 g/mol. The summed E-state index contributed by atoms with van der Waals surface area (Å²) in [7, 11) is 0. The van der Waals surface area contributed by atoms with E-state index >= 15 is 0 Å². The van der Waals surface area contributed by atoms with E-state index in [0.717, 1.165) is 5.56 Å². The van der Waals surface area contributed by atoms with Gasteiger partial charge in [-0.15, -0.1) is 11.6 Å². The maximum atomic E-state index is 11.7. The highest BCUT2D eigenvalue weighted by Crippen LogP contribution is 2.28. The lowest BCUT2D eigenvalue weighted by molar-refractivity contribution is -0.110. The number of rotatable bonds is 4. The lowest BCUT2D eigenvalue weighted by atomic mass is 10.1. The van der Waals surface area contributed by atoms with Gasteiger partial charge in [0.2, 0.25) is 5.12 Å². The molecule has 1 unspecified atom stereocenters. The van der Waals surface area contributed by atoms with Gasteiger partial charge in [0, 0.05) is 15.3 Å². The van der Waals surface area contributed by atoms with Gasteiger partial charge in [0.05, 0.1) is 0 Å². The summed E-state index contributed by atoms with van der Waals surface area (Å²) in [6.07, 6.45) is 0.360. The van der Waals surface area contributed by atoms with Crippen molar-refractivity contribution in [1.82, 2.24) is 0 Å². The molecule has 17 heavy (non-hydrogen) atoms. The maximum Gasteiger partial charge on any atom is 0.207 e. The second-order valence-electron chi connectivity index (χ2n) is 3.86. The summed E-state index contributed by atoms with van der Waals surface area (Å²) in [5, 5.41) is 0.680. The van der Waals surface area contributed by atoms with Gasteiger partial charge in [-0.25, -0.2) is 0 Å². The minimum Gasteiger partial charge on any atom is -0.286 e. The number of benzene rings is 1. The van der Waals surface area contributed by atoms with E-state index in [2.05, 4.69) is 0 Å². The molecule has 0 N–H and O–H groups in total. The second-order valence-corrected chi connectivity index (χ2v) is 6.78. The topological polar surface area (TPSA) is 17.1 Å². The van der Waals surface area contributed by atoms with Crippen LogP contribution in [0.1, 0.15) is 19.4 Å². The minimum absolute atomic E-state index is 0.0438. The smallest absolute Gasteiger partial charge is 0.207 e. The van der Waals surface area contributed by atoms with Gasteiger partial charge in [-0.3, -0.25) is 4.79 Å². The zero-order valence-corrected chi connectivity index (χ0v) is 12.6. The molecule has 0 spiro atoms. The average molecular weight is 312 g/mol. The minimum atomic E-state index is -0.597. The Morgan fingerprint density at radius 2 is 1.82 bits per heavy atom. The Labute approximate surface area is 121 Å². The number of carbonyl (C=O) groups is 1. The Balaban J connectivity index is 2.74. The molecule has 0 radical (unpaired) electrons. The largest absolute Gasteiger partial charge is 0.286 e. The Morgan fingerprint density at radius 1 is 1.29 bits per heavy atom. The van der Waals surface area contributed by atoms with E-state index in [4.69, 9.17) is 34.8 Å². The molecule has 0 aliphatic carbocycles. The number of hydrogen-bond acceptors (Lipinski definition) is 2. The van der Waals surface area contributed by atoms with Crippen molar-refractivity contribution in [3.05, 3.63) is 33.8 Å². The molecule has 0 aliphatic heterocycles. The molecular formula is C12H13Cl3OS. The zero-order valence-electron chi connectivity index (χ0n) is 9.54. The van der Waals surface area contributed by atoms with Crippen LogP contribution in [0.25, 0.3) is 0 Å². The van der Waals surface area contributed by atoms with Crippen LogP contribution in [0.4, 0.5) is 0 Å². The van der Waals surface area contributed by atoms with Gasteiger partial charge in [-0.2, -0.15) is 0 Å². The normalized spacial score (nSPS) is 12.8. The number of alkyl halides is 1. The highest BCUT2D eigenvalue weighted by molar-refractivity contribution is 8.14. The summed E-state index contributed by atoms with van der Waals surface area (Å²) in [5.74, 6) is 0. The van der Waals surface area contributed by atoms with E-state index in [-0.39, 0.29) is 10.4 Å². The first-order chi connectivity index (χ1) is 7.91. The first kappa shape index (κ1) is 15.2. The SMILES string of the molecule is CC(C)SC(=O)C(Cl)Cc1c(Cl)cccc1Cl. The third-order valence-electron chi connectivity index (χ3n) is 2.05. The van der Waals surface area contributed by atoms with Gasteiger partial charge in [-0.05, 0) is 24.1 Å². The van der Waals surface area contributed by atoms with E-state index in [1.807, 2.05) is 13.8 Å². The lowest BCUT2D eigenvalue weighted by Gasteiger charge is -2.12. The molecule has 0 heterocycles. The monoisotopic (exact) mass is 310 g/mol. The molecule has 94 valence electrons. The van der Waals surface area contributed by atoms with Crippen LogP contribution in [0.5, 0.6) is 0 Å². The Bertz CT molecular complexity index is 386. The fourth-order valence-electron chi connectivity index (χ4n) is 1.30. The van der Waals surface area contributed by atoms with Gasteiger partial charge in [0.25, 0.3) is 0 Å². The molecule has 0 bridgehead atoms. The predicted molar refractivity (Wildman–Crippen MR) is 77.5 cm³/mol. The highest BCUT2D eigenvalue weighted by atomic mass is 35.5. The van der Waals surface area contributed by atoms with Gasteiger partial charge in [-0.1, -0.05) is 54.9 Å². The van der Waals surface area contributed by atoms with Crippen LogP contribution in [0.3, 0.4) is 0 Å². The van der Waals surface area contributed by atoms with Crippen LogP contribution in [0.15, 0.2) is 18.2 Å². The summed E-state index contributed by atoms with van der Waals surface area (Å²) in [6, 6.07) is 5.25. The number of carbonyl (C=O) groups excluding carboxylic acids is 1. The van der Waals surface area contributed by atoms with Crippen molar-refractivity contribution in [1.29, 1.82) is 0 Å². The highest BCUT2D eigenvalue weighted by Gasteiger charge is 2.20. The Hall–Kier alpha value is 0.110. The predicted octanol–water partition coefficient (Wildman–Crippen LogP) is 4.81. The van der Waals surface area contributed by atoms with E-state index < -0.39 is 5.38 Å². The van der Waals surface area contributed by atoms with Crippen molar-refractivity contribution in [3.8, 4) is 0 Å². The first-order valence-corrected chi connectivity index (χ1v) is 7.26. The van der Waals surface area contributed by atoms with Crippen LogP contribution in [0, 0.1) is 0 Å². The van der Waals surface area contributed by atoms with Crippen LogP contribution >= 0.6 is 46.6 Å². The lowest BCUT2D eigenvalue weighted by Crippen LogP contribution is -2.16. The summed E-state index contributed by atoms with van der Waals surface area (Å²) < 4.78 is 0. The van der Waals surface area contributed by atoms with E-state index in [9.17, 15) is 4.79 Å². The summed E-state index contributed by atoms with van der Waals surface area (Å²) in [5.41, 5.74) is 0.730. The van der Waals surface area contributed by atoms with E-state index in [1.54, 1.807) is 18.2 Å². The van der Waals surface area contributed by atoms with Gasteiger partial charge >= 0.3 is 0 Å². The molecule has 0 saturated carbocycles. The fourth-order valence-corrected chi connectivity index (χ4v) is 2.85. The molecule has 5 heteroatoms. The van der Waals surface area contributed by atoms with Crippen LogP contribution < -0.4 is 0 Å². The summed E-state index contributed by atoms with van der Waals surface area (Å²) in [4.78, 5) is 11.7. The third-order valence-corrected chi connectivity index (χ3v) is 4.23. The Morgan fingerprint density at radius 3 is 2.29 bits per heavy atom. The quantitative estimate of drug-likeness (QED) is 0.742. The van der Waals surface area contributed by atoms with Crippen molar-refractivity contribution in [2.24, 2.45) is 0 Å². The zero-order chi connectivity index (χ0) is 13.0. The van der Waals surface area contributed by atoms with Crippen LogP contribution in [0.2, 0.25) is 10.0 Å². The molecule has 1 rings (SSSR count). The number of halogens is 3. The van der Waals surface area contributed by atoms with Crippen LogP contribution in [-0.2, 0) is 11.2 Å². The van der Waals surface area contributed by atoms with Gasteiger partial charge in [0.15, 0.2) is 0 Å². The molecule has 1 aromatic rings. The third kappa shape index (κ3) is 4.70. The van der Waals surface area contributed by atoms with Crippen molar-refractivity contribution < 1.29 is 4.79 Å². The standard InChI is InChI=1S/C12H13Cl3OS/c1-7(2)17-12(16)11(15)6-8-9(13)4-3-5-10(8)14/h3-5,7,11H,6H2,1-2H3. The molecule has 1 atom stereocenters. The second kappa shape index (κ2) is 6.89. The molecule has 1 aromatic carbocycles. The molecule has 0 fully saturated rings. The number of hydrogen-bond donors (Lipinski definition) is 0. The van der Waals surface area contributed by atoms with Crippen molar-refractivity contribution in [2.45, 2.75) is 30.9 Å². The Kier molecular flexibility index (Phi) is 6.14. The molecule has 0 aromatic heterocycles. The average Bonchev–Trinajstić information content (AvgIpc) is 2.22. The fraction of sp³-hybridized carbons (Fsp3) is 0.417.